The van der Waals surface area contributed by atoms with Crippen molar-refractivity contribution in [1.29, 1.82) is 0 Å². The van der Waals surface area contributed by atoms with Crippen LogP contribution in [0.25, 0.3) is 0 Å². The molecule has 2 aliphatic rings. The average molecular weight is 344 g/mol. The van der Waals surface area contributed by atoms with E-state index in [0.717, 1.165) is 45.6 Å². The summed E-state index contributed by atoms with van der Waals surface area (Å²) in [6.45, 7) is 7.61. The summed E-state index contributed by atoms with van der Waals surface area (Å²) < 4.78 is 0. The summed E-state index contributed by atoms with van der Waals surface area (Å²) in [5.74, 6) is 1.39. The molecule has 0 saturated carbocycles. The van der Waals surface area contributed by atoms with E-state index in [9.17, 15) is 4.79 Å². The first-order chi connectivity index (χ1) is 12.2. The van der Waals surface area contributed by atoms with Gasteiger partial charge in [0.2, 0.25) is 5.91 Å². The minimum Gasteiger partial charge on any atom is -0.353 e. The quantitative estimate of drug-likeness (QED) is 0.835. The summed E-state index contributed by atoms with van der Waals surface area (Å²) in [5, 5.41) is 6.75. The molecule has 1 aromatic carbocycles. The predicted molar refractivity (Wildman–Crippen MR) is 102 cm³/mol. The predicted octanol–water partition coefficient (Wildman–Crippen LogP) is 2.79. The number of rotatable bonds is 6. The van der Waals surface area contributed by atoms with Gasteiger partial charge in [0.1, 0.15) is 0 Å². The van der Waals surface area contributed by atoms with Gasteiger partial charge in [0.15, 0.2) is 0 Å². The SMILES string of the molecule is CC(CC(=O)NC1CCN(Cc2ccccc2)CC1)C1CCCNC1. The number of amides is 1. The Labute approximate surface area is 152 Å². The van der Waals surface area contributed by atoms with Crippen LogP contribution in [0.2, 0.25) is 0 Å². The maximum Gasteiger partial charge on any atom is 0.220 e. The van der Waals surface area contributed by atoms with Crippen LogP contribution in [0, 0.1) is 11.8 Å². The molecule has 2 fully saturated rings. The third-order valence-electron chi connectivity index (χ3n) is 5.85. The monoisotopic (exact) mass is 343 g/mol. The number of piperidine rings is 2. The minimum atomic E-state index is 0.250. The molecule has 138 valence electrons. The number of benzene rings is 1. The molecule has 4 nitrogen and oxygen atoms in total. The third kappa shape index (κ3) is 5.82. The van der Waals surface area contributed by atoms with Crippen molar-refractivity contribution in [3.63, 3.8) is 0 Å². The van der Waals surface area contributed by atoms with Crippen LogP contribution in [0.1, 0.15) is 44.6 Å². The highest BCUT2D eigenvalue weighted by molar-refractivity contribution is 5.76. The molecule has 0 aromatic heterocycles. The van der Waals surface area contributed by atoms with Crippen molar-refractivity contribution in [2.45, 2.75) is 51.6 Å². The first kappa shape index (κ1) is 18.4. The molecule has 4 heteroatoms. The molecule has 1 aromatic rings. The number of nitrogens with one attached hydrogen (secondary N) is 2. The number of hydrogen-bond donors (Lipinski definition) is 2. The van der Waals surface area contributed by atoms with Gasteiger partial charge in [0.05, 0.1) is 0 Å². The Morgan fingerprint density at radius 3 is 2.68 bits per heavy atom. The number of hydrogen-bond acceptors (Lipinski definition) is 3. The zero-order chi connectivity index (χ0) is 17.5. The molecule has 2 saturated heterocycles. The molecule has 25 heavy (non-hydrogen) atoms. The zero-order valence-electron chi connectivity index (χ0n) is 15.5. The first-order valence-corrected chi connectivity index (χ1v) is 9.97. The van der Waals surface area contributed by atoms with Gasteiger partial charge < -0.3 is 10.6 Å². The standard InChI is InChI=1S/C21H33N3O/c1-17(19-8-5-11-22-15-19)14-21(25)23-20-9-12-24(13-10-20)16-18-6-3-2-4-7-18/h2-4,6-7,17,19-20,22H,5,8-16H2,1H3,(H,23,25). The van der Waals surface area contributed by atoms with E-state index in [4.69, 9.17) is 0 Å². The summed E-state index contributed by atoms with van der Waals surface area (Å²) in [6, 6.07) is 11.0. The molecule has 2 heterocycles. The van der Waals surface area contributed by atoms with E-state index < -0.39 is 0 Å². The van der Waals surface area contributed by atoms with Crippen molar-refractivity contribution < 1.29 is 4.79 Å². The van der Waals surface area contributed by atoms with Crippen molar-refractivity contribution >= 4 is 5.91 Å². The highest BCUT2D eigenvalue weighted by Crippen LogP contribution is 2.22. The van der Waals surface area contributed by atoms with Gasteiger partial charge in [-0.15, -0.1) is 0 Å². The summed E-state index contributed by atoms with van der Waals surface area (Å²) in [4.78, 5) is 14.9. The Morgan fingerprint density at radius 2 is 2.00 bits per heavy atom. The van der Waals surface area contributed by atoms with Gasteiger partial charge in [-0.2, -0.15) is 0 Å². The lowest BCUT2D eigenvalue weighted by molar-refractivity contribution is -0.123. The van der Waals surface area contributed by atoms with Gasteiger partial charge in [-0.25, -0.2) is 0 Å². The molecule has 2 N–H and O–H groups in total. The van der Waals surface area contributed by atoms with Crippen LogP contribution in [0.4, 0.5) is 0 Å². The van der Waals surface area contributed by atoms with E-state index in [1.165, 1.54) is 18.4 Å². The van der Waals surface area contributed by atoms with Gasteiger partial charge in [0.25, 0.3) is 0 Å². The number of likely N-dealkylation sites (tertiary alicyclic amines) is 1. The lowest BCUT2D eigenvalue weighted by Gasteiger charge is -2.33. The molecule has 0 radical (unpaired) electrons. The number of carbonyl (C=O) groups excluding carboxylic acids is 1. The molecule has 3 rings (SSSR count). The smallest absolute Gasteiger partial charge is 0.220 e. The lowest BCUT2D eigenvalue weighted by atomic mass is 9.85. The molecule has 0 bridgehead atoms. The molecule has 2 unspecified atom stereocenters. The van der Waals surface area contributed by atoms with Crippen LogP contribution < -0.4 is 10.6 Å². The summed E-state index contributed by atoms with van der Waals surface area (Å²) in [7, 11) is 0. The van der Waals surface area contributed by atoms with E-state index in [-0.39, 0.29) is 5.91 Å². The lowest BCUT2D eigenvalue weighted by Crippen LogP contribution is -2.45. The Morgan fingerprint density at radius 1 is 1.24 bits per heavy atom. The number of carbonyl (C=O) groups is 1. The van der Waals surface area contributed by atoms with Crippen LogP contribution in [0.3, 0.4) is 0 Å². The molecule has 1 amide bonds. The van der Waals surface area contributed by atoms with Gasteiger partial charge in [0, 0.05) is 32.1 Å². The van der Waals surface area contributed by atoms with Crippen molar-refractivity contribution in [1.82, 2.24) is 15.5 Å². The Bertz CT molecular complexity index is 519. The van der Waals surface area contributed by atoms with Gasteiger partial charge >= 0.3 is 0 Å². The van der Waals surface area contributed by atoms with Crippen LogP contribution >= 0.6 is 0 Å². The molecular formula is C21H33N3O. The largest absolute Gasteiger partial charge is 0.353 e. The fourth-order valence-electron chi connectivity index (χ4n) is 4.19. The maximum atomic E-state index is 12.4. The first-order valence-electron chi connectivity index (χ1n) is 9.97. The second kappa shape index (κ2) is 9.35. The van der Waals surface area contributed by atoms with Crippen molar-refractivity contribution in [3.8, 4) is 0 Å². The fourth-order valence-corrected chi connectivity index (χ4v) is 4.19. The summed E-state index contributed by atoms with van der Waals surface area (Å²) >= 11 is 0. The fraction of sp³-hybridized carbons (Fsp3) is 0.667. The van der Waals surface area contributed by atoms with Crippen LogP contribution in [-0.4, -0.2) is 43.0 Å². The minimum absolute atomic E-state index is 0.250. The van der Waals surface area contributed by atoms with E-state index >= 15 is 0 Å². The maximum absolute atomic E-state index is 12.4. The highest BCUT2D eigenvalue weighted by Gasteiger charge is 2.24. The summed E-state index contributed by atoms with van der Waals surface area (Å²) in [6.07, 6.45) is 5.32. The molecule has 0 spiro atoms. The van der Waals surface area contributed by atoms with E-state index in [0.29, 0.717) is 24.3 Å². The molecular weight excluding hydrogens is 310 g/mol. The molecule has 2 aliphatic heterocycles. The van der Waals surface area contributed by atoms with Crippen molar-refractivity contribution in [2.24, 2.45) is 11.8 Å². The molecule has 0 aliphatic carbocycles. The zero-order valence-corrected chi connectivity index (χ0v) is 15.5. The van der Waals surface area contributed by atoms with E-state index in [1.54, 1.807) is 0 Å². The van der Waals surface area contributed by atoms with Crippen molar-refractivity contribution in [2.75, 3.05) is 26.2 Å². The van der Waals surface area contributed by atoms with Gasteiger partial charge in [-0.3, -0.25) is 9.69 Å². The summed E-state index contributed by atoms with van der Waals surface area (Å²) in [5.41, 5.74) is 1.37. The second-order valence-corrected chi connectivity index (χ2v) is 7.89. The van der Waals surface area contributed by atoms with Crippen molar-refractivity contribution in [3.05, 3.63) is 35.9 Å². The van der Waals surface area contributed by atoms with Gasteiger partial charge in [-0.1, -0.05) is 37.3 Å². The topological polar surface area (TPSA) is 44.4 Å². The number of nitrogens with zero attached hydrogens (tertiary/aromatic N) is 1. The second-order valence-electron chi connectivity index (χ2n) is 7.89. The average Bonchev–Trinajstić information content (AvgIpc) is 2.65. The Kier molecular flexibility index (Phi) is 6.88. The van der Waals surface area contributed by atoms with E-state index in [1.807, 2.05) is 0 Å². The van der Waals surface area contributed by atoms with Crippen LogP contribution in [0.15, 0.2) is 30.3 Å². The van der Waals surface area contributed by atoms with Gasteiger partial charge in [-0.05, 0) is 56.2 Å². The Balaban J connectivity index is 1.36. The molecule has 2 atom stereocenters. The van der Waals surface area contributed by atoms with Crippen LogP contribution in [-0.2, 0) is 11.3 Å². The highest BCUT2D eigenvalue weighted by atomic mass is 16.1. The van der Waals surface area contributed by atoms with E-state index in [2.05, 4.69) is 52.8 Å². The Hall–Kier alpha value is -1.39. The normalized spacial score (nSPS) is 24.0. The van der Waals surface area contributed by atoms with Crippen LogP contribution in [0.5, 0.6) is 0 Å². The third-order valence-corrected chi connectivity index (χ3v) is 5.85.